The smallest absolute Gasteiger partial charge is 0.399 e. The Hall–Kier alpha value is -7.57. The van der Waals surface area contributed by atoms with Crippen LogP contribution in [0, 0.1) is 18.8 Å². The molecular weight excluding hydrogens is 1610 g/mol. The van der Waals surface area contributed by atoms with Gasteiger partial charge in [0.2, 0.25) is 0 Å². The molecule has 4 saturated heterocycles. The first kappa shape index (κ1) is 92.7. The standard InChI is InChI=1S/C25H30BrF3O2.C23H24F3NO7.C23H27NO7.C16H22BNO3.CH4/c1-5-22-15(2)16(3)23(30-14-18-9-7-6-8-10-18)24(31-22)17(4)20-12-11-19(26)13-21(20)25(27,28)29;24-23(25,26)15-8-12(11-2-1-10-5-6-27-22(33)14(10)7-11)3-4-13(15)17(29)21-20(32)19(31)18(30)16(9-28)34-21;1-11-8-13(14-3-2-12-6-7-24-23(30)16(12)9-14)4-5-15(11)18(26)22-21(29)20(28)19(27)17(10-25)31-22;1-15(2)16(3,4)21-17(20-15)12-7-6-11-8-9-18(5)14(19)13(11)10-12;/h6-13,15-17,22-24H,5,14H2,1-4H3;1-4,7-8,16-21,28-32H,5-6,9H2,(H,27,33);2-5,8-9,17-22,25-29H,6-7,10H2,1H3,(H,24,30);6-7,10H,8-9H2,1-5H3;1H4/t15-,16-,17-,22?,23?,24+;16?,17-,18+,19-,20?,21+;17?,18-,19+,20-,21?,22+;;/m000../s1. The summed E-state index contributed by atoms with van der Waals surface area (Å²) in [6.07, 6.45) is -25.8. The van der Waals surface area contributed by atoms with Gasteiger partial charge in [-0.2, -0.15) is 26.3 Å². The molecule has 0 spiro atoms. The Morgan fingerprint density at radius 1 is 0.559 bits per heavy atom. The van der Waals surface area contributed by atoms with Gasteiger partial charge in [0.1, 0.15) is 73.2 Å². The number of alkyl halides is 6. The number of benzene rings is 7. The predicted octanol–water partition coefficient (Wildman–Crippen LogP) is 10.2. The van der Waals surface area contributed by atoms with E-state index in [1.54, 1.807) is 48.2 Å². The van der Waals surface area contributed by atoms with Crippen molar-refractivity contribution in [2.45, 2.75) is 223 Å². The Kier molecular flexibility index (Phi) is 30.0. The first-order valence-corrected chi connectivity index (χ1v) is 40.0. The second-order valence-corrected chi connectivity index (χ2v) is 33.0. The molecule has 118 heavy (non-hydrogen) atoms. The number of halogens is 7. The number of aryl methyl sites for hydroxylation is 1. The molecule has 4 fully saturated rings. The van der Waals surface area contributed by atoms with Crippen LogP contribution in [0.3, 0.4) is 0 Å². The summed E-state index contributed by atoms with van der Waals surface area (Å²) in [7, 11) is 1.42. The molecule has 0 bridgehead atoms. The van der Waals surface area contributed by atoms with Crippen molar-refractivity contribution >= 4 is 46.2 Å². The van der Waals surface area contributed by atoms with Crippen LogP contribution in [0.5, 0.6) is 0 Å². The number of hydrogen-bond donors (Lipinski definition) is 12. The average Bonchev–Trinajstić information content (AvgIpc) is 1.46. The van der Waals surface area contributed by atoms with Crippen molar-refractivity contribution in [3.8, 4) is 22.3 Å². The van der Waals surface area contributed by atoms with E-state index in [0.717, 1.165) is 94.0 Å². The Morgan fingerprint density at radius 2 is 1.02 bits per heavy atom. The van der Waals surface area contributed by atoms with Gasteiger partial charge < -0.3 is 94.9 Å². The molecule has 0 aromatic heterocycles. The lowest BCUT2D eigenvalue weighted by molar-refractivity contribution is -0.250. The predicted molar refractivity (Wildman–Crippen MR) is 432 cm³/mol. The Bertz CT molecular complexity index is 4640. The zero-order valence-corrected chi connectivity index (χ0v) is 68.1. The van der Waals surface area contributed by atoms with Gasteiger partial charge >= 0.3 is 19.5 Å². The molecule has 0 aliphatic carbocycles. The van der Waals surface area contributed by atoms with Gasteiger partial charge in [-0.1, -0.05) is 154 Å². The summed E-state index contributed by atoms with van der Waals surface area (Å²) >= 11 is 3.18. The number of rotatable bonds is 15. The number of fused-ring (bicyclic) bond motifs is 3. The number of likely N-dealkylation sites (N-methyl/N-ethyl adjacent to an activating group) is 1. The van der Waals surface area contributed by atoms with E-state index in [4.69, 9.17) is 28.3 Å². The summed E-state index contributed by atoms with van der Waals surface area (Å²) in [5.74, 6) is -0.395. The molecule has 7 aliphatic rings. The van der Waals surface area contributed by atoms with E-state index in [9.17, 15) is 91.8 Å². The van der Waals surface area contributed by atoms with Crippen LogP contribution in [0.25, 0.3) is 22.3 Å². The molecule has 0 radical (unpaired) electrons. The van der Waals surface area contributed by atoms with Crippen molar-refractivity contribution in [1.29, 1.82) is 0 Å². The summed E-state index contributed by atoms with van der Waals surface area (Å²) in [5.41, 5.74) is 7.21. The van der Waals surface area contributed by atoms with Gasteiger partial charge in [-0.3, -0.25) is 14.4 Å². The van der Waals surface area contributed by atoms with Gasteiger partial charge in [-0.25, -0.2) is 0 Å². The van der Waals surface area contributed by atoms with Gasteiger partial charge in [0, 0.05) is 53.8 Å². The quantitative estimate of drug-likeness (QED) is 0.0335. The highest BCUT2D eigenvalue weighted by molar-refractivity contribution is 9.10. The van der Waals surface area contributed by atoms with E-state index in [1.165, 1.54) is 12.1 Å². The van der Waals surface area contributed by atoms with E-state index < -0.39 is 135 Å². The highest BCUT2D eigenvalue weighted by Crippen LogP contribution is 2.46. The Balaban J connectivity index is 0.000000167. The van der Waals surface area contributed by atoms with Crippen LogP contribution in [0.15, 0.2) is 144 Å². The number of carbonyl (C=O) groups is 3. The molecule has 7 aliphatic heterocycles. The summed E-state index contributed by atoms with van der Waals surface area (Å²) in [4.78, 5) is 38.3. The number of nitrogens with zero attached hydrogens (tertiary/aromatic N) is 1. The van der Waals surface area contributed by atoms with Crippen LogP contribution in [-0.4, -0.2) is 211 Å². The third-order valence-electron chi connectivity index (χ3n) is 24.0. The van der Waals surface area contributed by atoms with Crippen LogP contribution in [0.4, 0.5) is 26.3 Å². The molecule has 3 amide bonds. The fourth-order valence-corrected chi connectivity index (χ4v) is 16.4. The van der Waals surface area contributed by atoms with Gasteiger partial charge in [0.05, 0.1) is 60.5 Å². The second-order valence-electron chi connectivity index (χ2n) is 32.1. The molecule has 7 aromatic rings. The van der Waals surface area contributed by atoms with E-state index in [1.807, 2.05) is 114 Å². The highest BCUT2D eigenvalue weighted by Gasteiger charge is 2.54. The number of aliphatic hydroxyl groups is 10. The fraction of sp³-hybridized carbons (Fsp3) is 0.489. The molecule has 7 aromatic carbocycles. The van der Waals surface area contributed by atoms with Crippen molar-refractivity contribution < 1.29 is 120 Å². The van der Waals surface area contributed by atoms with Crippen molar-refractivity contribution in [2.75, 3.05) is 39.9 Å². The van der Waals surface area contributed by atoms with E-state index in [0.29, 0.717) is 52.8 Å². The lowest BCUT2D eigenvalue weighted by Gasteiger charge is -2.47. The number of nitrogens with one attached hydrogen (secondary N) is 2. The molecule has 7 heterocycles. The van der Waals surface area contributed by atoms with Crippen molar-refractivity contribution in [1.82, 2.24) is 15.5 Å². The van der Waals surface area contributed by atoms with Crippen LogP contribution in [0.1, 0.15) is 174 Å². The largest absolute Gasteiger partial charge is 0.494 e. The maximum absolute atomic E-state index is 14.0. The molecule has 12 N–H and O–H groups in total. The third-order valence-corrected chi connectivity index (χ3v) is 24.5. The first-order valence-electron chi connectivity index (χ1n) is 39.2. The fourth-order valence-electron chi connectivity index (χ4n) is 16.0. The number of hydrogen-bond acceptors (Lipinski definition) is 19. The number of aliphatic hydroxyl groups excluding tert-OH is 10. The normalized spacial score (nSPS) is 27.3. The van der Waals surface area contributed by atoms with E-state index >= 15 is 0 Å². The molecular formula is C88H107BBrF6N3O19. The van der Waals surface area contributed by atoms with Gasteiger partial charge in [-0.05, 0) is 181 Å². The van der Waals surface area contributed by atoms with Crippen LogP contribution in [0.2, 0.25) is 0 Å². The minimum atomic E-state index is -4.90. The van der Waals surface area contributed by atoms with Gasteiger partial charge in [0.25, 0.3) is 17.7 Å². The Labute approximate surface area is 691 Å². The van der Waals surface area contributed by atoms with Gasteiger partial charge in [0.15, 0.2) is 0 Å². The second kappa shape index (κ2) is 38.2. The maximum Gasteiger partial charge on any atom is 0.494 e. The van der Waals surface area contributed by atoms with Crippen LogP contribution >= 0.6 is 15.9 Å². The zero-order chi connectivity index (χ0) is 85.2. The molecule has 6 unspecified atom stereocenters. The molecule has 640 valence electrons. The molecule has 22 nitrogen and oxygen atoms in total. The zero-order valence-electron chi connectivity index (χ0n) is 66.6. The Morgan fingerprint density at radius 3 is 1.53 bits per heavy atom. The van der Waals surface area contributed by atoms with Crippen molar-refractivity contribution in [3.63, 3.8) is 0 Å². The van der Waals surface area contributed by atoms with Crippen LogP contribution in [-0.2, 0) is 66.5 Å². The van der Waals surface area contributed by atoms with Gasteiger partial charge in [-0.15, -0.1) is 0 Å². The summed E-state index contributed by atoms with van der Waals surface area (Å²) < 4.78 is 119. The average molecular weight is 1720 g/mol. The number of amides is 3. The highest BCUT2D eigenvalue weighted by atomic mass is 79.9. The van der Waals surface area contributed by atoms with Crippen molar-refractivity contribution in [2.24, 2.45) is 11.8 Å². The molecule has 18 atom stereocenters. The monoisotopic (exact) mass is 1710 g/mol. The summed E-state index contributed by atoms with van der Waals surface area (Å²) in [6.45, 7) is 19.0. The van der Waals surface area contributed by atoms with E-state index in [-0.39, 0.29) is 71.5 Å². The topological polar surface area (TPSA) is 336 Å². The minimum absolute atomic E-state index is 0. The third kappa shape index (κ3) is 20.1. The maximum atomic E-state index is 14.0. The summed E-state index contributed by atoms with van der Waals surface area (Å²) in [5, 5.41) is 106. The molecule has 14 rings (SSSR count). The number of ether oxygens (including phenoxy) is 4. The van der Waals surface area contributed by atoms with Crippen molar-refractivity contribution in [3.05, 3.63) is 216 Å². The lowest BCUT2D eigenvalue weighted by atomic mass is 9.76. The minimum Gasteiger partial charge on any atom is -0.399 e. The number of carbonyl (C=O) groups excluding carboxylic acids is 3. The SMILES string of the molecule is C.CCC1O[C@H]([C@@H](C)c2ccc(Br)cc2C(F)(F)F)C(OCc2ccccc2)[C@@H](C)[C@@H]1C.CN1CCc2ccc(B3OC(C)(C)C(C)(C)O3)cc2C1=O.Cc1cc(-c2ccc3c(c2)C(=O)NCC3)ccc1[C@H](O)[C@H]1OC(CO)[C@@H](O)[C@H](O)C1O.O=C1NCCc2ccc(-c3ccc([C@H](O)[C@H]4OC(CO)[C@@H](O)[C@H](O)C4O)c(C(F)(F)F)c3)cc21. The van der Waals surface area contributed by atoms with E-state index in [2.05, 4.69) is 47.3 Å². The lowest BCUT2D eigenvalue weighted by Crippen LogP contribution is -2.60. The molecule has 30 heteroatoms. The summed E-state index contributed by atoms with van der Waals surface area (Å²) in [6, 6.07) is 39.3. The van der Waals surface area contributed by atoms with Crippen LogP contribution < -0.4 is 16.1 Å². The first-order chi connectivity index (χ1) is 55.2. The molecule has 0 saturated carbocycles.